The van der Waals surface area contributed by atoms with Gasteiger partial charge in [0.2, 0.25) is 5.88 Å². The molecule has 0 saturated heterocycles. The molecule has 0 aliphatic carbocycles. The van der Waals surface area contributed by atoms with Crippen molar-refractivity contribution in [3.63, 3.8) is 0 Å². The number of fused-ring (bicyclic) bond motifs is 1. The minimum Gasteiger partial charge on any atom is -0.480 e. The fourth-order valence-electron chi connectivity index (χ4n) is 4.21. The SMILES string of the molecule is CCc1ncnc(OC)c1-c1ncc2ccc(=O)n(Cc3ccc(-c4nc(C(F)(F)F)cn4C)cc3)c2n1. The third-order valence-corrected chi connectivity index (χ3v) is 6.09. The fourth-order valence-corrected chi connectivity index (χ4v) is 4.21. The van der Waals surface area contributed by atoms with Gasteiger partial charge in [0.15, 0.2) is 11.5 Å². The Morgan fingerprint density at radius 2 is 1.76 bits per heavy atom. The van der Waals surface area contributed by atoms with Crippen LogP contribution < -0.4 is 10.3 Å². The van der Waals surface area contributed by atoms with Crippen LogP contribution in [-0.2, 0) is 26.2 Å². The number of pyridine rings is 1. The van der Waals surface area contributed by atoms with Crippen molar-refractivity contribution >= 4 is 11.0 Å². The fraction of sp³-hybridized carbons (Fsp3) is 0.231. The van der Waals surface area contributed by atoms with Crippen molar-refractivity contribution in [3.05, 3.63) is 82.4 Å². The molecule has 194 valence electrons. The molecule has 38 heavy (non-hydrogen) atoms. The van der Waals surface area contributed by atoms with Gasteiger partial charge in [-0.1, -0.05) is 31.2 Å². The van der Waals surface area contributed by atoms with Gasteiger partial charge < -0.3 is 9.30 Å². The van der Waals surface area contributed by atoms with Crippen molar-refractivity contribution in [2.45, 2.75) is 26.1 Å². The molecule has 0 spiro atoms. The Morgan fingerprint density at radius 1 is 1.00 bits per heavy atom. The second kappa shape index (κ2) is 9.69. The van der Waals surface area contributed by atoms with Crippen molar-refractivity contribution in [3.8, 4) is 28.7 Å². The Kier molecular flexibility index (Phi) is 6.39. The molecule has 0 N–H and O–H groups in total. The number of aromatic nitrogens is 7. The Hall–Kier alpha value is -4.61. The summed E-state index contributed by atoms with van der Waals surface area (Å²) in [6, 6.07) is 9.93. The van der Waals surface area contributed by atoms with Crippen molar-refractivity contribution < 1.29 is 17.9 Å². The first-order valence-electron chi connectivity index (χ1n) is 11.6. The van der Waals surface area contributed by atoms with Gasteiger partial charge in [-0.15, -0.1) is 0 Å². The van der Waals surface area contributed by atoms with Gasteiger partial charge in [-0.2, -0.15) is 13.2 Å². The van der Waals surface area contributed by atoms with Crippen molar-refractivity contribution in [2.24, 2.45) is 7.05 Å². The van der Waals surface area contributed by atoms with E-state index in [4.69, 9.17) is 9.72 Å². The standard InChI is InChI=1S/C26H22F3N7O2/c1-4-18-21(25(38-3)32-14-31-18)22-30-11-17-9-10-20(37)36(24(17)34-22)12-15-5-7-16(8-6-15)23-33-19(13-35(23)2)26(27,28)29/h5-11,13-14H,4,12H2,1-3H3. The molecule has 0 fully saturated rings. The molecule has 0 radical (unpaired) electrons. The molecule has 5 aromatic rings. The van der Waals surface area contributed by atoms with Gasteiger partial charge in [0.1, 0.15) is 23.4 Å². The van der Waals surface area contributed by atoms with Crippen LogP contribution in [0.4, 0.5) is 13.2 Å². The highest BCUT2D eigenvalue weighted by Gasteiger charge is 2.34. The van der Waals surface area contributed by atoms with Crippen LogP contribution in [-0.4, -0.2) is 41.2 Å². The summed E-state index contributed by atoms with van der Waals surface area (Å²) in [7, 11) is 3.01. The van der Waals surface area contributed by atoms with E-state index in [0.29, 0.717) is 46.0 Å². The molecule has 5 rings (SSSR count). The Balaban J connectivity index is 1.53. The van der Waals surface area contributed by atoms with Crippen molar-refractivity contribution in [1.29, 1.82) is 0 Å². The maximum atomic E-state index is 13.1. The van der Waals surface area contributed by atoms with E-state index in [0.717, 1.165) is 11.8 Å². The van der Waals surface area contributed by atoms with Gasteiger partial charge in [-0.25, -0.2) is 24.9 Å². The maximum Gasteiger partial charge on any atom is 0.434 e. The van der Waals surface area contributed by atoms with E-state index in [1.807, 2.05) is 6.92 Å². The lowest BCUT2D eigenvalue weighted by Crippen LogP contribution is -2.21. The summed E-state index contributed by atoms with van der Waals surface area (Å²) in [5.74, 6) is 0.852. The average molecular weight is 522 g/mol. The van der Waals surface area contributed by atoms with Crippen LogP contribution in [0.25, 0.3) is 33.8 Å². The summed E-state index contributed by atoms with van der Waals surface area (Å²) in [6.45, 7) is 2.13. The van der Waals surface area contributed by atoms with Gasteiger partial charge in [-0.05, 0) is 18.1 Å². The number of hydrogen-bond acceptors (Lipinski definition) is 7. The molecule has 12 heteroatoms. The van der Waals surface area contributed by atoms with Gasteiger partial charge >= 0.3 is 6.18 Å². The van der Waals surface area contributed by atoms with Gasteiger partial charge in [0.25, 0.3) is 5.56 Å². The second-order valence-corrected chi connectivity index (χ2v) is 8.54. The number of benzene rings is 1. The molecule has 0 aliphatic rings. The highest BCUT2D eigenvalue weighted by molar-refractivity contribution is 5.77. The third-order valence-electron chi connectivity index (χ3n) is 6.09. The summed E-state index contributed by atoms with van der Waals surface area (Å²) < 4.78 is 47.4. The van der Waals surface area contributed by atoms with Crippen molar-refractivity contribution in [2.75, 3.05) is 7.11 Å². The minimum absolute atomic E-state index is 0.185. The lowest BCUT2D eigenvalue weighted by atomic mass is 10.1. The number of alkyl halides is 3. The molecule has 4 heterocycles. The molecule has 0 atom stereocenters. The topological polar surface area (TPSA) is 101 Å². The van der Waals surface area contributed by atoms with E-state index in [2.05, 4.69) is 19.9 Å². The van der Waals surface area contributed by atoms with E-state index in [-0.39, 0.29) is 17.9 Å². The van der Waals surface area contributed by atoms with Crippen LogP contribution in [0.15, 0.2) is 59.9 Å². The lowest BCUT2D eigenvalue weighted by molar-refractivity contribution is -0.140. The number of halogens is 3. The molecular weight excluding hydrogens is 499 g/mol. The van der Waals surface area contributed by atoms with Crippen LogP contribution in [0, 0.1) is 0 Å². The molecular formula is C26H22F3N7O2. The zero-order chi connectivity index (χ0) is 27.0. The number of rotatable bonds is 6. The van der Waals surface area contributed by atoms with E-state index >= 15 is 0 Å². The Labute approximate surface area is 214 Å². The van der Waals surface area contributed by atoms with E-state index < -0.39 is 11.9 Å². The summed E-state index contributed by atoms with van der Waals surface area (Å²) >= 11 is 0. The van der Waals surface area contributed by atoms with Crippen molar-refractivity contribution in [1.82, 2.24) is 34.1 Å². The van der Waals surface area contributed by atoms with Gasteiger partial charge in [0, 0.05) is 36.5 Å². The largest absolute Gasteiger partial charge is 0.480 e. The number of aryl methyl sites for hydroxylation is 2. The molecule has 9 nitrogen and oxygen atoms in total. The van der Waals surface area contributed by atoms with Crippen LogP contribution >= 0.6 is 0 Å². The van der Waals surface area contributed by atoms with Crippen LogP contribution in [0.2, 0.25) is 0 Å². The van der Waals surface area contributed by atoms with Crippen LogP contribution in [0.1, 0.15) is 23.9 Å². The summed E-state index contributed by atoms with van der Waals surface area (Å²) in [5, 5.41) is 0.659. The molecule has 0 saturated carbocycles. The van der Waals surface area contributed by atoms with Crippen LogP contribution in [0.5, 0.6) is 5.88 Å². The Morgan fingerprint density at radius 3 is 2.42 bits per heavy atom. The summed E-state index contributed by atoms with van der Waals surface area (Å²) in [6.07, 6.45) is 0.0650. The van der Waals surface area contributed by atoms with Gasteiger partial charge in [-0.3, -0.25) is 9.36 Å². The molecule has 0 aliphatic heterocycles. The number of methoxy groups -OCH3 is 1. The van der Waals surface area contributed by atoms with E-state index in [1.165, 1.54) is 35.7 Å². The van der Waals surface area contributed by atoms with Gasteiger partial charge in [0.05, 0.1) is 19.3 Å². The first-order valence-corrected chi connectivity index (χ1v) is 11.6. The predicted octanol–water partition coefficient (Wildman–Crippen LogP) is 4.29. The molecule has 0 amide bonds. The highest BCUT2D eigenvalue weighted by atomic mass is 19.4. The van der Waals surface area contributed by atoms with E-state index in [1.54, 1.807) is 36.5 Å². The first kappa shape index (κ1) is 25.1. The Bertz CT molecular complexity index is 1670. The average Bonchev–Trinajstić information content (AvgIpc) is 3.32. The molecule has 4 aromatic heterocycles. The zero-order valence-electron chi connectivity index (χ0n) is 20.7. The number of hydrogen-bond donors (Lipinski definition) is 0. The number of imidazole rings is 1. The summed E-state index contributed by atoms with van der Waals surface area (Å²) in [4.78, 5) is 34.3. The number of nitrogens with zero attached hydrogens (tertiary/aromatic N) is 7. The maximum absolute atomic E-state index is 13.1. The first-order chi connectivity index (χ1) is 18.2. The number of ether oxygens (including phenoxy) is 1. The smallest absolute Gasteiger partial charge is 0.434 e. The molecule has 1 aromatic carbocycles. The monoisotopic (exact) mass is 521 g/mol. The van der Waals surface area contributed by atoms with E-state index in [9.17, 15) is 18.0 Å². The minimum atomic E-state index is -4.53. The lowest BCUT2D eigenvalue weighted by Gasteiger charge is -2.13. The zero-order valence-corrected chi connectivity index (χ0v) is 20.7. The quantitative estimate of drug-likeness (QED) is 0.329. The third kappa shape index (κ3) is 4.60. The normalized spacial score (nSPS) is 11.7. The molecule has 0 unspecified atom stereocenters. The molecule has 0 bridgehead atoms. The predicted molar refractivity (Wildman–Crippen MR) is 134 cm³/mol. The second-order valence-electron chi connectivity index (χ2n) is 8.54. The highest BCUT2D eigenvalue weighted by Crippen LogP contribution is 2.31. The summed E-state index contributed by atoms with van der Waals surface area (Å²) in [5.41, 5.74) is 1.73. The van der Waals surface area contributed by atoms with Crippen LogP contribution in [0.3, 0.4) is 0 Å².